The van der Waals surface area contributed by atoms with E-state index in [1.165, 1.54) is 40.2 Å². The summed E-state index contributed by atoms with van der Waals surface area (Å²) in [7, 11) is -6.75. The molecule has 2 aromatic heterocycles. The largest absolute Gasteiger partial charge is 0.361 e. The molecule has 18 heteroatoms. The number of carbonyl (C=O) groups is 1. The normalized spacial score (nSPS) is 17.2. The second kappa shape index (κ2) is 15.3. The molecule has 284 valence electrons. The minimum absolute atomic E-state index is 0.0107. The third-order valence-corrected chi connectivity index (χ3v) is 13.3. The van der Waals surface area contributed by atoms with Gasteiger partial charge in [0.2, 0.25) is 21.7 Å². The van der Waals surface area contributed by atoms with Gasteiger partial charge in [0.05, 0.1) is 35.0 Å². The molecule has 1 aliphatic heterocycles. The van der Waals surface area contributed by atoms with Crippen LogP contribution in [-0.4, -0.2) is 65.4 Å². The summed E-state index contributed by atoms with van der Waals surface area (Å²) in [4.78, 5) is 40.2. The lowest BCUT2D eigenvalue weighted by atomic mass is 9.87. The number of fused-ring (bicyclic) bond motifs is 1. The molecule has 1 saturated heterocycles. The van der Waals surface area contributed by atoms with E-state index in [-0.39, 0.29) is 42.2 Å². The quantitative estimate of drug-likeness (QED) is 0.0544. The highest BCUT2D eigenvalue weighted by Crippen LogP contribution is 2.36. The van der Waals surface area contributed by atoms with Crippen LogP contribution in [0.25, 0.3) is 10.9 Å². The molecule has 0 N–H and O–H groups in total. The highest BCUT2D eigenvalue weighted by molar-refractivity contribution is 7.89. The van der Waals surface area contributed by atoms with Crippen LogP contribution >= 0.6 is 0 Å². The molecule has 1 atom stereocenters. The minimum atomic E-state index is -5.39. The second-order valence-corrected chi connectivity index (χ2v) is 22.0. The lowest BCUT2D eigenvalue weighted by Crippen LogP contribution is -2.59. The summed E-state index contributed by atoms with van der Waals surface area (Å²) in [6.07, 6.45) is 9.59. The first-order chi connectivity index (χ1) is 25.1. The maximum atomic E-state index is 14.7. The van der Waals surface area contributed by atoms with Crippen LogP contribution in [-0.2, 0) is 32.8 Å². The lowest BCUT2D eigenvalue weighted by molar-refractivity contribution is -0.125. The molecule has 0 radical (unpaired) electrons. The Morgan fingerprint density at radius 2 is 1.60 bits per heavy atom. The Morgan fingerprint density at radius 1 is 0.925 bits per heavy atom. The summed E-state index contributed by atoms with van der Waals surface area (Å²) in [6.45, 7) is 6.43. The van der Waals surface area contributed by atoms with E-state index < -0.39 is 76.1 Å². The summed E-state index contributed by atoms with van der Waals surface area (Å²) in [5.41, 5.74) is 1.13. The fourth-order valence-corrected chi connectivity index (χ4v) is 8.97. The number of amides is 1. The van der Waals surface area contributed by atoms with E-state index >= 15 is 0 Å². The van der Waals surface area contributed by atoms with Crippen molar-refractivity contribution < 1.29 is 39.9 Å². The van der Waals surface area contributed by atoms with Gasteiger partial charge in [-0.15, -0.1) is 0 Å². The van der Waals surface area contributed by atoms with Crippen LogP contribution in [0.3, 0.4) is 0 Å². The number of hydrogen-bond donors (Lipinski definition) is 0. The van der Waals surface area contributed by atoms with Crippen molar-refractivity contribution in [2.24, 2.45) is 0 Å². The predicted molar refractivity (Wildman–Crippen MR) is 188 cm³/mol. The number of benzene rings is 2. The first kappa shape index (κ1) is 38.6. The Hall–Kier alpha value is -4.13. The number of halogens is 5. The Kier molecular flexibility index (Phi) is 11.1. The van der Waals surface area contributed by atoms with Gasteiger partial charge in [-0.2, -0.15) is 4.31 Å². The van der Waals surface area contributed by atoms with Crippen LogP contribution in [0, 0.1) is 29.1 Å². The van der Waals surface area contributed by atoms with Gasteiger partial charge in [0.15, 0.2) is 28.2 Å². The standard InChI is InChI=1S/C35H39F5N6O5SSi/c1-53(2,3)14-13-51-20-44-19-43-25-15-23(9-10-24(25)34(44)47)45(18-22-16-42-26(17-41-22)21-7-5-4-6-8-21)35(48)27-11-12-46(27)52(49,50)33-31(39)29(37)28(36)30(38)32(33)40/h9-10,15-17,19,21,27H,4-8,11-14,18,20H2,1-3H3/t27-/m1/s1. The summed E-state index contributed by atoms with van der Waals surface area (Å²) in [5, 5.41) is 0.216. The van der Waals surface area contributed by atoms with Crippen LogP contribution in [0.5, 0.6) is 0 Å². The highest BCUT2D eigenvalue weighted by Gasteiger charge is 2.48. The molecule has 2 aliphatic rings. The van der Waals surface area contributed by atoms with Gasteiger partial charge in [-0.25, -0.2) is 35.4 Å². The van der Waals surface area contributed by atoms with Gasteiger partial charge in [0, 0.05) is 39.0 Å². The number of aromatic nitrogens is 4. The zero-order chi connectivity index (χ0) is 38.2. The van der Waals surface area contributed by atoms with Gasteiger partial charge in [0.25, 0.3) is 5.56 Å². The topological polar surface area (TPSA) is 128 Å². The number of sulfonamides is 1. The monoisotopic (exact) mass is 778 g/mol. The Balaban J connectivity index is 1.32. The first-order valence-corrected chi connectivity index (χ1v) is 22.5. The van der Waals surface area contributed by atoms with E-state index in [1.54, 1.807) is 6.20 Å². The molecule has 0 bridgehead atoms. The van der Waals surface area contributed by atoms with Crippen LogP contribution in [0.1, 0.15) is 55.8 Å². The molecule has 4 aromatic rings. The molecule has 3 heterocycles. The summed E-state index contributed by atoms with van der Waals surface area (Å²) < 4.78 is 105. The van der Waals surface area contributed by atoms with Crippen LogP contribution in [0.2, 0.25) is 25.7 Å². The summed E-state index contributed by atoms with van der Waals surface area (Å²) in [6, 6.07) is 3.71. The second-order valence-electron chi connectivity index (χ2n) is 14.6. The molecule has 1 aliphatic carbocycles. The Morgan fingerprint density at radius 3 is 2.21 bits per heavy atom. The average molecular weight is 779 g/mol. The molecular weight excluding hydrogens is 740 g/mol. The van der Waals surface area contributed by atoms with E-state index in [9.17, 15) is 40.0 Å². The zero-order valence-electron chi connectivity index (χ0n) is 29.4. The van der Waals surface area contributed by atoms with Crippen molar-refractivity contribution in [3.8, 4) is 0 Å². The van der Waals surface area contributed by atoms with E-state index in [4.69, 9.17) is 4.74 Å². The van der Waals surface area contributed by atoms with Crippen molar-refractivity contribution in [1.82, 2.24) is 23.8 Å². The third kappa shape index (κ3) is 7.90. The molecule has 2 fully saturated rings. The van der Waals surface area contributed by atoms with Crippen molar-refractivity contribution in [2.45, 2.75) is 94.3 Å². The van der Waals surface area contributed by atoms with E-state index in [2.05, 4.69) is 34.6 Å². The Labute approximate surface area is 303 Å². The van der Waals surface area contributed by atoms with Crippen molar-refractivity contribution in [3.05, 3.63) is 87.7 Å². The van der Waals surface area contributed by atoms with Crippen LogP contribution < -0.4 is 10.5 Å². The number of ether oxygens (including phenoxy) is 1. The van der Waals surface area contributed by atoms with Crippen molar-refractivity contribution in [1.29, 1.82) is 0 Å². The van der Waals surface area contributed by atoms with Crippen LogP contribution in [0.15, 0.2) is 46.6 Å². The molecule has 53 heavy (non-hydrogen) atoms. The van der Waals surface area contributed by atoms with Gasteiger partial charge in [-0.1, -0.05) is 38.9 Å². The molecule has 1 saturated carbocycles. The van der Waals surface area contributed by atoms with Gasteiger partial charge < -0.3 is 9.64 Å². The van der Waals surface area contributed by atoms with E-state index in [0.717, 1.165) is 43.8 Å². The summed E-state index contributed by atoms with van der Waals surface area (Å²) in [5.74, 6) is -13.0. The van der Waals surface area contributed by atoms with Gasteiger partial charge in [0.1, 0.15) is 19.1 Å². The Bertz CT molecular complexity index is 2170. The number of rotatable bonds is 12. The van der Waals surface area contributed by atoms with Gasteiger partial charge >= 0.3 is 0 Å². The lowest BCUT2D eigenvalue weighted by Gasteiger charge is -2.41. The number of carbonyl (C=O) groups excluding carboxylic acids is 1. The maximum Gasteiger partial charge on any atom is 0.263 e. The average Bonchev–Trinajstić information content (AvgIpc) is 3.10. The van der Waals surface area contributed by atoms with Crippen molar-refractivity contribution >= 4 is 40.6 Å². The zero-order valence-corrected chi connectivity index (χ0v) is 31.2. The minimum Gasteiger partial charge on any atom is -0.361 e. The fourth-order valence-electron chi connectivity index (χ4n) is 6.47. The molecule has 6 rings (SSSR count). The van der Waals surface area contributed by atoms with Crippen molar-refractivity contribution in [2.75, 3.05) is 18.1 Å². The SMILES string of the molecule is C[Si](C)(C)CCOCn1cnc2cc(N(Cc3cnc(C4CCCCC4)cn3)C(=O)[C@H]3CCN3S(=O)(=O)c3c(F)c(F)c(F)c(F)c3F)ccc2c1=O. The maximum absolute atomic E-state index is 14.7. The molecule has 11 nitrogen and oxygen atoms in total. The molecule has 2 aromatic carbocycles. The third-order valence-electron chi connectivity index (χ3n) is 9.67. The summed E-state index contributed by atoms with van der Waals surface area (Å²) >= 11 is 0. The van der Waals surface area contributed by atoms with Gasteiger partial charge in [-0.3, -0.25) is 24.1 Å². The number of hydrogen-bond acceptors (Lipinski definition) is 8. The van der Waals surface area contributed by atoms with E-state index in [0.29, 0.717) is 16.6 Å². The van der Waals surface area contributed by atoms with Gasteiger partial charge in [-0.05, 0) is 43.5 Å². The molecular formula is C35H39F5N6O5SSi. The molecule has 1 amide bonds. The number of nitrogens with zero attached hydrogens (tertiary/aromatic N) is 6. The van der Waals surface area contributed by atoms with E-state index in [1.807, 2.05) is 0 Å². The predicted octanol–water partition coefficient (Wildman–Crippen LogP) is 6.24. The highest BCUT2D eigenvalue weighted by atomic mass is 32.2. The molecule has 0 unspecified atom stereocenters. The van der Waals surface area contributed by atoms with Crippen molar-refractivity contribution in [3.63, 3.8) is 0 Å². The smallest absolute Gasteiger partial charge is 0.263 e. The fraction of sp³-hybridized carbons (Fsp3) is 0.457. The van der Waals surface area contributed by atoms with Crippen LogP contribution in [0.4, 0.5) is 27.6 Å². The first-order valence-electron chi connectivity index (χ1n) is 17.3. The molecule has 0 spiro atoms. The number of anilines is 1.